The molecule has 0 aromatic carbocycles. The summed E-state index contributed by atoms with van der Waals surface area (Å²) in [7, 11) is 0. The Morgan fingerprint density at radius 1 is 1.60 bits per heavy atom. The second-order valence-electron chi connectivity index (χ2n) is 0.897. The molecule has 3 heteroatoms. The monoisotopic (exact) mass is 220 g/mol. The van der Waals surface area contributed by atoms with E-state index in [1.165, 1.54) is 0 Å². The van der Waals surface area contributed by atoms with Gasteiger partial charge in [0.1, 0.15) is 5.97 Å². The van der Waals surface area contributed by atoms with Gasteiger partial charge in [-0.15, -0.1) is 0 Å². The topological polar surface area (TPSA) is 26.3 Å². The van der Waals surface area contributed by atoms with Crippen LogP contribution in [0.25, 0.3) is 0 Å². The minimum Gasteiger partial charge on any atom is -0.490 e. The normalized spacial score (nSPS) is 5.30. The number of esters is 1. The van der Waals surface area contributed by atoms with Gasteiger partial charge in [-0.25, -0.2) is 0 Å². The summed E-state index contributed by atoms with van der Waals surface area (Å²) in [6, 6.07) is 0. The fraction of sp³-hybridized carbons (Fsp3) is 0.571. The Morgan fingerprint density at radius 2 is 2.00 bits per heavy atom. The van der Waals surface area contributed by atoms with Crippen molar-refractivity contribution in [2.75, 3.05) is 6.61 Å². The third kappa shape index (κ3) is 15.7. The molecule has 0 atom stereocenters. The van der Waals surface area contributed by atoms with Gasteiger partial charge in [0, 0.05) is 32.7 Å². The maximum atomic E-state index is 10.0. The van der Waals surface area contributed by atoms with Gasteiger partial charge in [-0.3, -0.25) is 11.4 Å². The molecular formula is C7H15O2Y-. The summed E-state index contributed by atoms with van der Waals surface area (Å²) in [5, 5.41) is 0. The van der Waals surface area contributed by atoms with E-state index in [0.29, 0.717) is 6.61 Å². The van der Waals surface area contributed by atoms with Crippen LogP contribution in [0.2, 0.25) is 0 Å². The molecule has 0 amide bonds. The largest absolute Gasteiger partial charge is 0.490 e. The summed E-state index contributed by atoms with van der Waals surface area (Å²) in [5.74, 6) is -0.484. The number of rotatable bonds is 2. The van der Waals surface area contributed by atoms with Gasteiger partial charge in [-0.2, -0.15) is 0 Å². The van der Waals surface area contributed by atoms with Crippen molar-refractivity contribution in [2.45, 2.75) is 21.8 Å². The van der Waals surface area contributed by atoms with Gasteiger partial charge in [-0.05, 0) is 6.92 Å². The molecule has 0 aromatic heterocycles. The molecular weight excluding hydrogens is 205 g/mol. The van der Waals surface area contributed by atoms with Gasteiger partial charge in [0.05, 0.1) is 6.61 Å². The van der Waals surface area contributed by atoms with Crippen molar-refractivity contribution >= 4 is 5.97 Å². The number of carbonyl (C=O) groups is 1. The first kappa shape index (κ1) is 22.4. The second kappa shape index (κ2) is 16.1. The van der Waals surface area contributed by atoms with Crippen LogP contribution in [-0.2, 0) is 42.2 Å². The van der Waals surface area contributed by atoms with E-state index in [1.807, 2.05) is 0 Å². The van der Waals surface area contributed by atoms with Crippen LogP contribution >= 0.6 is 0 Å². The van der Waals surface area contributed by atoms with Crippen LogP contribution in [0.4, 0.5) is 0 Å². The Balaban J connectivity index is -0.0000000600. The van der Waals surface area contributed by atoms with Crippen LogP contribution < -0.4 is 0 Å². The maximum Gasteiger partial charge on any atom is 0.147 e. The van der Waals surface area contributed by atoms with E-state index in [4.69, 9.17) is 0 Å². The quantitative estimate of drug-likeness (QED) is 0.403. The van der Waals surface area contributed by atoms with Crippen LogP contribution in [-0.4, -0.2) is 12.6 Å². The first-order valence-corrected chi connectivity index (χ1v) is 2.01. The summed E-state index contributed by atoms with van der Waals surface area (Å²) in [5.41, 5.74) is 0. The number of hydrogen-bond donors (Lipinski definition) is 0. The van der Waals surface area contributed by atoms with Gasteiger partial charge in [0.2, 0.25) is 0 Å². The van der Waals surface area contributed by atoms with Crippen molar-refractivity contribution in [2.24, 2.45) is 0 Å². The molecule has 59 valence electrons. The summed E-state index contributed by atoms with van der Waals surface area (Å²) >= 11 is 0. The van der Waals surface area contributed by atoms with Gasteiger partial charge in [0.15, 0.2) is 0 Å². The molecule has 0 unspecified atom stereocenters. The van der Waals surface area contributed by atoms with E-state index in [1.54, 1.807) is 6.92 Å². The molecule has 0 aromatic rings. The fourth-order valence-electron chi connectivity index (χ4n) is 0.182. The summed E-state index contributed by atoms with van der Waals surface area (Å²) in [4.78, 5) is 10.0. The van der Waals surface area contributed by atoms with Crippen LogP contribution in [0, 0.1) is 6.08 Å². The van der Waals surface area contributed by atoms with E-state index in [0.717, 1.165) is 0 Å². The summed E-state index contributed by atoms with van der Waals surface area (Å²) < 4.78 is 4.38. The maximum absolute atomic E-state index is 10.0. The number of ether oxygens (including phenoxy) is 1. The van der Waals surface area contributed by atoms with E-state index in [9.17, 15) is 4.79 Å². The smallest absolute Gasteiger partial charge is 0.147 e. The van der Waals surface area contributed by atoms with Gasteiger partial charge in [-0.1, -0.05) is 14.9 Å². The van der Waals surface area contributed by atoms with Crippen molar-refractivity contribution in [1.82, 2.24) is 0 Å². The van der Waals surface area contributed by atoms with Crippen LogP contribution in [0.3, 0.4) is 0 Å². The molecule has 0 heterocycles. The Bertz CT molecular complexity index is 81.7. The van der Waals surface area contributed by atoms with Gasteiger partial charge in [0.25, 0.3) is 0 Å². The molecule has 0 fully saturated rings. The first-order chi connectivity index (χ1) is 3.31. The molecule has 0 aliphatic rings. The van der Waals surface area contributed by atoms with Crippen molar-refractivity contribution in [3.8, 4) is 0 Å². The fourth-order valence-corrected chi connectivity index (χ4v) is 0.182. The van der Waals surface area contributed by atoms with E-state index in [2.05, 4.69) is 17.4 Å². The molecule has 0 saturated heterocycles. The van der Waals surface area contributed by atoms with Crippen molar-refractivity contribution in [3.63, 3.8) is 0 Å². The Morgan fingerprint density at radius 3 is 2.10 bits per heavy atom. The predicted octanol–water partition coefficient (Wildman–Crippen LogP) is 1.81. The average molecular weight is 220 g/mol. The summed E-state index contributed by atoms with van der Waals surface area (Å²) in [6.07, 6.45) is 2.05. The Labute approximate surface area is 88.9 Å². The van der Waals surface area contributed by atoms with Crippen LogP contribution in [0.15, 0.2) is 6.58 Å². The van der Waals surface area contributed by atoms with E-state index >= 15 is 0 Å². The summed E-state index contributed by atoms with van der Waals surface area (Å²) in [6.45, 7) is 5.20. The zero-order valence-corrected chi connectivity index (χ0v) is 7.65. The molecule has 0 rings (SSSR count). The second-order valence-corrected chi connectivity index (χ2v) is 0.897. The minimum atomic E-state index is -0.484. The zero-order chi connectivity index (χ0) is 5.70. The third-order valence-electron chi connectivity index (χ3n) is 0.420. The average Bonchev–Trinajstić information content (AvgIpc) is 1.68. The van der Waals surface area contributed by atoms with E-state index < -0.39 is 5.97 Å². The van der Waals surface area contributed by atoms with Gasteiger partial charge >= 0.3 is 0 Å². The molecule has 0 spiro atoms. The third-order valence-corrected chi connectivity index (χ3v) is 0.420. The Kier molecular flexibility index (Phi) is 36.2. The minimum absolute atomic E-state index is 0. The molecule has 0 bridgehead atoms. The molecule has 0 aliphatic carbocycles. The number of carbonyl (C=O) groups excluding carboxylic acids is 1. The van der Waals surface area contributed by atoms with Crippen LogP contribution in [0.5, 0.6) is 0 Å². The molecule has 10 heavy (non-hydrogen) atoms. The molecule has 0 aliphatic heterocycles. The SMILES string of the molecule is C.C.C=[C-]C(=O)OCC.[Y]. The van der Waals surface area contributed by atoms with Crippen molar-refractivity contribution in [1.29, 1.82) is 0 Å². The van der Waals surface area contributed by atoms with Crippen molar-refractivity contribution in [3.05, 3.63) is 12.7 Å². The van der Waals surface area contributed by atoms with E-state index in [-0.39, 0.29) is 47.6 Å². The van der Waals surface area contributed by atoms with Crippen LogP contribution in [0.1, 0.15) is 21.8 Å². The number of hydrogen-bond acceptors (Lipinski definition) is 2. The molecule has 2 nitrogen and oxygen atoms in total. The van der Waals surface area contributed by atoms with Gasteiger partial charge < -0.3 is 10.8 Å². The first-order valence-electron chi connectivity index (χ1n) is 2.01. The predicted molar refractivity (Wildman–Crippen MR) is 39.0 cm³/mol. The standard InChI is InChI=1S/C5H7O2.2CH4.Y/c1-3-5(6)7-4-2;;;/h1,4H2,2H3;2*1H4;/q-1;;;. The van der Waals surface area contributed by atoms with Crippen molar-refractivity contribution < 1.29 is 42.2 Å². The molecule has 1 radical (unpaired) electrons. The zero-order valence-electron chi connectivity index (χ0n) is 4.81. The molecule has 0 saturated carbocycles. The Hall–Kier alpha value is 0.314. The molecule has 0 N–H and O–H groups in total.